The van der Waals surface area contributed by atoms with Crippen molar-refractivity contribution < 1.29 is 4.39 Å². The van der Waals surface area contributed by atoms with Crippen LogP contribution in [-0.4, -0.2) is 7.02 Å². The summed E-state index contributed by atoms with van der Waals surface area (Å²) in [5.41, 5.74) is 0. The highest BCUT2D eigenvalue weighted by atomic mass is 127. The molecular formula is C6H6FISi. The molecule has 9 heavy (non-hydrogen) atoms. The van der Waals surface area contributed by atoms with E-state index >= 15 is 0 Å². The second kappa shape index (κ2) is 3.31. The first kappa shape index (κ1) is 7.21. The van der Waals surface area contributed by atoms with Crippen LogP contribution in [0, 0.1) is 5.82 Å². The Bertz CT molecular complexity index is 185. The predicted molar refractivity (Wildman–Crippen MR) is 48.6 cm³/mol. The van der Waals surface area contributed by atoms with Gasteiger partial charge in [-0.3, -0.25) is 0 Å². The molecule has 3 heteroatoms. The van der Waals surface area contributed by atoms with Crippen molar-refractivity contribution in [2.45, 2.75) is 0 Å². The zero-order valence-electron chi connectivity index (χ0n) is 4.77. The fraction of sp³-hybridized carbons (Fsp3) is 0. The average molecular weight is 252 g/mol. The van der Waals surface area contributed by atoms with E-state index in [9.17, 15) is 4.39 Å². The van der Waals surface area contributed by atoms with Crippen LogP contribution < -0.4 is 5.19 Å². The fourth-order valence-corrected chi connectivity index (χ4v) is 2.51. The van der Waals surface area contributed by atoms with Crippen molar-refractivity contribution in [1.29, 1.82) is 0 Å². The number of halogens is 2. The number of benzene rings is 1. The average Bonchev–Trinajstić information content (AvgIpc) is 1.90. The smallest absolute Gasteiger partial charge is 0.125 e. The third-order valence-electron chi connectivity index (χ3n) is 1.07. The minimum absolute atomic E-state index is 0.121. The molecule has 0 nitrogen and oxygen atoms in total. The van der Waals surface area contributed by atoms with E-state index in [-0.39, 0.29) is 12.8 Å². The van der Waals surface area contributed by atoms with Gasteiger partial charge in [-0.2, -0.15) is 0 Å². The summed E-state index contributed by atoms with van der Waals surface area (Å²) in [7, 11) is -0.121. The van der Waals surface area contributed by atoms with Gasteiger partial charge in [-0.1, -0.05) is 17.3 Å². The maximum Gasteiger partial charge on any atom is 0.125 e. The van der Waals surface area contributed by atoms with Gasteiger partial charge in [0.05, 0.1) is 0 Å². The SMILES string of the molecule is Fc1ccc([SiH2]I)cc1. The summed E-state index contributed by atoms with van der Waals surface area (Å²) in [5, 5.41) is 1.30. The molecule has 1 rings (SSSR count). The lowest BCUT2D eigenvalue weighted by Gasteiger charge is -1.90. The Balaban J connectivity index is 2.88. The zero-order valence-corrected chi connectivity index (χ0v) is 8.34. The minimum Gasteiger partial charge on any atom is -0.207 e. The summed E-state index contributed by atoms with van der Waals surface area (Å²) in [6.45, 7) is 0. The topological polar surface area (TPSA) is 0 Å². The van der Waals surface area contributed by atoms with Crippen molar-refractivity contribution >= 4 is 34.0 Å². The fourth-order valence-electron chi connectivity index (χ4n) is 0.573. The molecule has 1 aromatic rings. The molecule has 0 saturated carbocycles. The van der Waals surface area contributed by atoms with Gasteiger partial charge in [-0.25, -0.2) is 4.39 Å². The maximum absolute atomic E-state index is 12.2. The summed E-state index contributed by atoms with van der Waals surface area (Å²) < 4.78 is 12.2. The van der Waals surface area contributed by atoms with Crippen LogP contribution in [0.15, 0.2) is 24.3 Å². The van der Waals surface area contributed by atoms with Gasteiger partial charge < -0.3 is 0 Å². The van der Waals surface area contributed by atoms with Gasteiger partial charge in [0.2, 0.25) is 0 Å². The second-order valence-electron chi connectivity index (χ2n) is 1.76. The van der Waals surface area contributed by atoms with E-state index in [1.165, 1.54) is 17.3 Å². The molecule has 0 saturated heterocycles. The monoisotopic (exact) mass is 252 g/mol. The quantitative estimate of drug-likeness (QED) is 0.397. The number of hydrogen-bond donors (Lipinski definition) is 0. The normalized spacial score (nSPS) is 10.9. The molecule has 1 aromatic carbocycles. The third-order valence-corrected chi connectivity index (χ3v) is 4.49. The Morgan fingerprint density at radius 2 is 1.78 bits per heavy atom. The van der Waals surface area contributed by atoms with Gasteiger partial charge in [-0.15, -0.1) is 21.8 Å². The molecule has 0 fully saturated rings. The van der Waals surface area contributed by atoms with E-state index in [4.69, 9.17) is 0 Å². The molecule has 0 bridgehead atoms. The standard InChI is InChI=1S/C6H6FISi/c7-5-1-3-6(9-8)4-2-5/h1-4H,9H2. The van der Waals surface area contributed by atoms with Crippen molar-refractivity contribution in [3.63, 3.8) is 0 Å². The van der Waals surface area contributed by atoms with Crippen LogP contribution in [0.5, 0.6) is 0 Å². The molecule has 0 radical (unpaired) electrons. The largest absolute Gasteiger partial charge is 0.207 e. The van der Waals surface area contributed by atoms with Crippen LogP contribution in [0.4, 0.5) is 4.39 Å². The molecule has 0 amide bonds. The van der Waals surface area contributed by atoms with Crippen LogP contribution in [0.3, 0.4) is 0 Å². The lowest BCUT2D eigenvalue weighted by atomic mass is 10.3. The van der Waals surface area contributed by atoms with E-state index < -0.39 is 0 Å². The van der Waals surface area contributed by atoms with E-state index in [0.29, 0.717) is 0 Å². The Hall–Kier alpha value is 0.0969. The van der Waals surface area contributed by atoms with E-state index in [1.54, 1.807) is 0 Å². The summed E-state index contributed by atoms with van der Waals surface area (Å²) in [5.74, 6) is -0.141. The highest BCUT2D eigenvalue weighted by Crippen LogP contribution is 1.92. The summed E-state index contributed by atoms with van der Waals surface area (Å²) in [6, 6.07) is 6.74. The van der Waals surface area contributed by atoms with Crippen molar-refractivity contribution in [1.82, 2.24) is 0 Å². The van der Waals surface area contributed by atoms with Gasteiger partial charge in [0.1, 0.15) is 12.8 Å². The van der Waals surface area contributed by atoms with Crippen molar-refractivity contribution in [3.8, 4) is 0 Å². The van der Waals surface area contributed by atoms with Gasteiger partial charge in [-0.05, 0) is 12.1 Å². The predicted octanol–water partition coefficient (Wildman–Crippen LogP) is 0.970. The molecule has 0 atom stereocenters. The lowest BCUT2D eigenvalue weighted by molar-refractivity contribution is 0.628. The summed E-state index contributed by atoms with van der Waals surface area (Å²) >= 11 is 2.38. The molecule has 0 N–H and O–H groups in total. The third kappa shape index (κ3) is 2.06. The van der Waals surface area contributed by atoms with Crippen LogP contribution >= 0.6 is 21.8 Å². The Kier molecular flexibility index (Phi) is 2.65. The number of rotatable bonds is 1. The van der Waals surface area contributed by atoms with E-state index in [1.807, 2.05) is 12.1 Å². The minimum atomic E-state index is -0.141. The van der Waals surface area contributed by atoms with Gasteiger partial charge in [0.25, 0.3) is 0 Å². The molecular weight excluding hydrogens is 246 g/mol. The molecule has 0 heterocycles. The molecule has 0 spiro atoms. The van der Waals surface area contributed by atoms with Crippen LogP contribution in [0.1, 0.15) is 0 Å². The molecule has 0 unspecified atom stereocenters. The van der Waals surface area contributed by atoms with Crippen LogP contribution in [0.25, 0.3) is 0 Å². The van der Waals surface area contributed by atoms with E-state index in [2.05, 4.69) is 21.8 Å². The first-order valence-electron chi connectivity index (χ1n) is 2.63. The van der Waals surface area contributed by atoms with Gasteiger partial charge in [0, 0.05) is 0 Å². The highest BCUT2D eigenvalue weighted by Gasteiger charge is 1.89. The Labute approximate surface area is 68.5 Å². The molecule has 0 aliphatic carbocycles. The molecule has 48 valence electrons. The van der Waals surface area contributed by atoms with Gasteiger partial charge >= 0.3 is 0 Å². The van der Waals surface area contributed by atoms with Crippen LogP contribution in [-0.2, 0) is 0 Å². The first-order valence-corrected chi connectivity index (χ1v) is 8.45. The Morgan fingerprint density at radius 1 is 1.22 bits per heavy atom. The van der Waals surface area contributed by atoms with Crippen molar-refractivity contribution in [3.05, 3.63) is 30.1 Å². The first-order chi connectivity index (χ1) is 4.33. The highest BCUT2D eigenvalue weighted by molar-refractivity contribution is 14.1. The van der Waals surface area contributed by atoms with Gasteiger partial charge in [0.15, 0.2) is 0 Å². The number of hydrogen-bond acceptors (Lipinski definition) is 0. The van der Waals surface area contributed by atoms with E-state index in [0.717, 1.165) is 0 Å². The molecule has 0 aliphatic heterocycles. The van der Waals surface area contributed by atoms with Crippen molar-refractivity contribution in [2.24, 2.45) is 0 Å². The lowest BCUT2D eigenvalue weighted by Crippen LogP contribution is -2.06. The second-order valence-corrected chi connectivity index (χ2v) is 5.13. The molecule has 0 aliphatic rings. The maximum atomic E-state index is 12.2. The summed E-state index contributed by atoms with van der Waals surface area (Å²) in [4.78, 5) is 0. The van der Waals surface area contributed by atoms with Crippen LogP contribution in [0.2, 0.25) is 0 Å². The Morgan fingerprint density at radius 3 is 2.22 bits per heavy atom. The molecule has 0 aromatic heterocycles. The summed E-state index contributed by atoms with van der Waals surface area (Å²) in [6.07, 6.45) is 0. The van der Waals surface area contributed by atoms with Crippen molar-refractivity contribution in [2.75, 3.05) is 0 Å². The zero-order chi connectivity index (χ0) is 6.69.